The highest BCUT2D eigenvalue weighted by atomic mass is 16.3. The van der Waals surface area contributed by atoms with Gasteiger partial charge in [0.25, 0.3) is 5.56 Å². The van der Waals surface area contributed by atoms with Crippen LogP contribution in [0.5, 0.6) is 0 Å². The Labute approximate surface area is 129 Å². The zero-order chi connectivity index (χ0) is 16.4. The second kappa shape index (κ2) is 6.32. The van der Waals surface area contributed by atoms with Crippen LogP contribution in [0.2, 0.25) is 0 Å². The van der Waals surface area contributed by atoms with E-state index in [1.165, 1.54) is 0 Å². The average molecular weight is 302 g/mol. The topological polar surface area (TPSA) is 85.3 Å². The van der Waals surface area contributed by atoms with Crippen molar-refractivity contribution in [3.05, 3.63) is 46.4 Å². The van der Waals surface area contributed by atoms with Crippen LogP contribution in [-0.2, 0) is 4.79 Å². The summed E-state index contributed by atoms with van der Waals surface area (Å²) in [6.07, 6.45) is 1.68. The SMILES string of the molecule is CC(C(N)=O)c1cccc2c(=O)n([C@@H](CO)C(C)C)ccc12. The molecule has 0 aliphatic carbocycles. The molecule has 1 heterocycles. The first-order valence-corrected chi connectivity index (χ1v) is 7.42. The van der Waals surface area contributed by atoms with Gasteiger partial charge in [-0.3, -0.25) is 9.59 Å². The standard InChI is InChI=1S/C17H22N2O3/c1-10(2)15(9-20)19-8-7-13-12(11(3)16(18)21)5-4-6-14(13)17(19)22/h4-8,10-11,15,20H,9H2,1-3H3,(H2,18,21)/t11?,15-/m0/s1. The maximum atomic E-state index is 12.7. The van der Waals surface area contributed by atoms with E-state index in [1.807, 2.05) is 26.0 Å². The number of primary amides is 1. The molecule has 5 nitrogen and oxygen atoms in total. The highest BCUT2D eigenvalue weighted by molar-refractivity contribution is 5.91. The molecular weight excluding hydrogens is 280 g/mol. The van der Waals surface area contributed by atoms with Crippen LogP contribution in [-0.4, -0.2) is 22.2 Å². The zero-order valence-corrected chi connectivity index (χ0v) is 13.1. The van der Waals surface area contributed by atoms with E-state index in [9.17, 15) is 14.7 Å². The lowest BCUT2D eigenvalue weighted by Gasteiger charge is -2.22. The van der Waals surface area contributed by atoms with Gasteiger partial charge in [-0.2, -0.15) is 0 Å². The Morgan fingerprint density at radius 1 is 1.23 bits per heavy atom. The van der Waals surface area contributed by atoms with Gasteiger partial charge < -0.3 is 15.4 Å². The number of carbonyl (C=O) groups excluding carboxylic acids is 1. The van der Waals surface area contributed by atoms with E-state index in [-0.39, 0.29) is 24.1 Å². The first-order chi connectivity index (χ1) is 10.4. The van der Waals surface area contributed by atoms with Gasteiger partial charge >= 0.3 is 0 Å². The molecule has 0 aliphatic heterocycles. The van der Waals surface area contributed by atoms with Crippen LogP contribution in [0.1, 0.15) is 38.3 Å². The summed E-state index contributed by atoms with van der Waals surface area (Å²) < 4.78 is 1.56. The molecule has 0 aliphatic rings. The Hall–Kier alpha value is -2.14. The largest absolute Gasteiger partial charge is 0.394 e. The minimum atomic E-state index is -0.460. The van der Waals surface area contributed by atoms with Crippen LogP contribution in [0.25, 0.3) is 10.8 Å². The molecule has 2 rings (SSSR count). The fourth-order valence-corrected chi connectivity index (χ4v) is 2.73. The number of nitrogens with two attached hydrogens (primary N) is 1. The van der Waals surface area contributed by atoms with Crippen molar-refractivity contribution in [3.8, 4) is 0 Å². The van der Waals surface area contributed by atoms with Crippen LogP contribution in [0.15, 0.2) is 35.3 Å². The van der Waals surface area contributed by atoms with Gasteiger partial charge in [0, 0.05) is 11.6 Å². The lowest BCUT2D eigenvalue weighted by atomic mass is 9.95. The third-order valence-electron chi connectivity index (χ3n) is 4.21. The summed E-state index contributed by atoms with van der Waals surface area (Å²) in [6, 6.07) is 6.85. The number of aromatic nitrogens is 1. The van der Waals surface area contributed by atoms with Crippen LogP contribution in [0.4, 0.5) is 0 Å². The van der Waals surface area contributed by atoms with Crippen molar-refractivity contribution in [2.24, 2.45) is 11.7 Å². The Kier molecular flexibility index (Phi) is 4.66. The molecule has 22 heavy (non-hydrogen) atoms. The summed E-state index contributed by atoms with van der Waals surface area (Å²) >= 11 is 0. The Morgan fingerprint density at radius 2 is 1.91 bits per heavy atom. The van der Waals surface area contributed by atoms with Gasteiger partial charge in [0.1, 0.15) is 0 Å². The maximum Gasteiger partial charge on any atom is 0.258 e. The lowest BCUT2D eigenvalue weighted by Crippen LogP contribution is -2.30. The molecule has 5 heteroatoms. The van der Waals surface area contributed by atoms with Gasteiger partial charge in [-0.15, -0.1) is 0 Å². The number of benzene rings is 1. The molecular formula is C17H22N2O3. The number of hydrogen-bond donors (Lipinski definition) is 2. The number of amides is 1. The molecule has 0 saturated heterocycles. The average Bonchev–Trinajstić information content (AvgIpc) is 2.48. The summed E-state index contributed by atoms with van der Waals surface area (Å²) in [5.74, 6) is -0.752. The molecule has 118 valence electrons. The second-order valence-corrected chi connectivity index (χ2v) is 5.95. The fraction of sp³-hybridized carbons (Fsp3) is 0.412. The van der Waals surface area contributed by atoms with Crippen molar-refractivity contribution < 1.29 is 9.90 Å². The summed E-state index contributed by atoms with van der Waals surface area (Å²) in [7, 11) is 0. The normalized spacial score (nSPS) is 14.2. The van der Waals surface area contributed by atoms with Gasteiger partial charge in [0.05, 0.1) is 18.6 Å². The van der Waals surface area contributed by atoms with Crippen molar-refractivity contribution in [1.29, 1.82) is 0 Å². The first kappa shape index (κ1) is 16.2. The zero-order valence-electron chi connectivity index (χ0n) is 13.1. The summed E-state index contributed by atoms with van der Waals surface area (Å²) in [5, 5.41) is 10.8. The minimum Gasteiger partial charge on any atom is -0.394 e. The van der Waals surface area contributed by atoms with E-state index in [2.05, 4.69) is 0 Å². The third-order valence-corrected chi connectivity index (χ3v) is 4.21. The van der Waals surface area contributed by atoms with Crippen LogP contribution in [0, 0.1) is 5.92 Å². The van der Waals surface area contributed by atoms with E-state index >= 15 is 0 Å². The molecule has 0 bridgehead atoms. The molecule has 0 fully saturated rings. The number of nitrogens with zero attached hydrogens (tertiary/aromatic N) is 1. The van der Waals surface area contributed by atoms with Crippen molar-refractivity contribution in [3.63, 3.8) is 0 Å². The van der Waals surface area contributed by atoms with Crippen LogP contribution < -0.4 is 11.3 Å². The number of hydrogen-bond acceptors (Lipinski definition) is 3. The van der Waals surface area contributed by atoms with Gasteiger partial charge in [-0.25, -0.2) is 0 Å². The molecule has 3 N–H and O–H groups in total. The summed E-state index contributed by atoms with van der Waals surface area (Å²) in [4.78, 5) is 24.2. The van der Waals surface area contributed by atoms with Crippen molar-refractivity contribution in [2.45, 2.75) is 32.7 Å². The fourth-order valence-electron chi connectivity index (χ4n) is 2.73. The minimum absolute atomic E-state index is 0.0968. The highest BCUT2D eigenvalue weighted by Crippen LogP contribution is 2.25. The number of rotatable bonds is 5. The quantitative estimate of drug-likeness (QED) is 0.883. The monoisotopic (exact) mass is 302 g/mol. The molecule has 2 aromatic rings. The number of aliphatic hydroxyl groups excluding tert-OH is 1. The highest BCUT2D eigenvalue weighted by Gasteiger charge is 2.19. The van der Waals surface area contributed by atoms with E-state index in [4.69, 9.17) is 5.73 Å². The number of aliphatic hydroxyl groups is 1. The van der Waals surface area contributed by atoms with Crippen molar-refractivity contribution in [1.82, 2.24) is 4.57 Å². The van der Waals surface area contributed by atoms with Gasteiger partial charge in [0.2, 0.25) is 5.91 Å². The smallest absolute Gasteiger partial charge is 0.258 e. The molecule has 1 aromatic heterocycles. The summed E-state index contributed by atoms with van der Waals surface area (Å²) in [6.45, 7) is 5.56. The molecule has 1 amide bonds. The predicted octanol–water partition coefficient (Wildman–Crippen LogP) is 1.78. The maximum absolute atomic E-state index is 12.7. The lowest BCUT2D eigenvalue weighted by molar-refractivity contribution is -0.119. The molecule has 0 spiro atoms. The number of carbonyl (C=O) groups is 1. The molecule has 2 atom stereocenters. The Balaban J connectivity index is 2.68. The van der Waals surface area contributed by atoms with Crippen molar-refractivity contribution >= 4 is 16.7 Å². The Bertz CT molecular complexity index is 749. The van der Waals surface area contributed by atoms with E-state index < -0.39 is 11.8 Å². The molecule has 1 aromatic carbocycles. The van der Waals surface area contributed by atoms with Gasteiger partial charge in [0.15, 0.2) is 0 Å². The molecule has 0 radical (unpaired) electrons. The number of fused-ring (bicyclic) bond motifs is 1. The van der Waals surface area contributed by atoms with Crippen molar-refractivity contribution in [2.75, 3.05) is 6.61 Å². The van der Waals surface area contributed by atoms with E-state index in [0.29, 0.717) is 5.39 Å². The van der Waals surface area contributed by atoms with Gasteiger partial charge in [-0.05, 0) is 35.9 Å². The molecule has 0 saturated carbocycles. The van der Waals surface area contributed by atoms with Crippen LogP contribution in [0.3, 0.4) is 0 Å². The van der Waals surface area contributed by atoms with E-state index in [0.717, 1.165) is 10.9 Å². The Morgan fingerprint density at radius 3 is 2.45 bits per heavy atom. The third kappa shape index (κ3) is 2.76. The summed E-state index contributed by atoms with van der Waals surface area (Å²) in [5.41, 5.74) is 5.97. The van der Waals surface area contributed by atoms with E-state index in [1.54, 1.807) is 29.8 Å². The van der Waals surface area contributed by atoms with Gasteiger partial charge in [-0.1, -0.05) is 26.0 Å². The predicted molar refractivity (Wildman–Crippen MR) is 86.8 cm³/mol. The molecule has 1 unspecified atom stereocenters. The van der Waals surface area contributed by atoms with Crippen LogP contribution >= 0.6 is 0 Å². The second-order valence-electron chi connectivity index (χ2n) is 5.95. The first-order valence-electron chi connectivity index (χ1n) is 7.42. The number of pyridine rings is 1.